The van der Waals surface area contributed by atoms with Crippen molar-refractivity contribution in [1.29, 1.82) is 0 Å². The molecule has 0 aliphatic carbocycles. The third-order valence-corrected chi connectivity index (χ3v) is 3.13. The highest BCUT2D eigenvalue weighted by atomic mass is 35.5. The normalized spacial score (nSPS) is 10.5. The minimum Gasteiger partial charge on any atom is -0.455 e. The van der Waals surface area contributed by atoms with Crippen molar-refractivity contribution in [2.24, 2.45) is 0 Å². The van der Waals surface area contributed by atoms with Crippen LogP contribution in [0.25, 0.3) is 0 Å². The number of hydrogen-bond acceptors (Lipinski definition) is 3. The number of nitrogens with zero attached hydrogens (tertiary/aromatic N) is 1. The number of ether oxygens (including phenoxy) is 1. The summed E-state index contributed by atoms with van der Waals surface area (Å²) in [5.41, 5.74) is 1.93. The predicted molar refractivity (Wildman–Crippen MR) is 77.9 cm³/mol. The molecule has 0 aliphatic heterocycles. The Hall–Kier alpha value is -1.58. The Kier molecular flexibility index (Phi) is 4.77. The molecule has 2 aromatic rings. The Morgan fingerprint density at radius 1 is 1.32 bits per heavy atom. The van der Waals surface area contributed by atoms with Crippen LogP contribution in [0.1, 0.15) is 18.2 Å². The van der Waals surface area contributed by atoms with Crippen molar-refractivity contribution in [2.45, 2.75) is 20.4 Å². The highest BCUT2D eigenvalue weighted by Crippen LogP contribution is 2.27. The summed E-state index contributed by atoms with van der Waals surface area (Å²) in [6.07, 6.45) is 1.74. The third-order valence-electron chi connectivity index (χ3n) is 2.78. The summed E-state index contributed by atoms with van der Waals surface area (Å²) in [6.45, 7) is 5.66. The largest absolute Gasteiger partial charge is 0.455 e. The smallest absolute Gasteiger partial charge is 0.148 e. The van der Waals surface area contributed by atoms with Crippen molar-refractivity contribution in [3.8, 4) is 11.5 Å². The van der Waals surface area contributed by atoms with Crippen LogP contribution < -0.4 is 10.1 Å². The van der Waals surface area contributed by atoms with Gasteiger partial charge in [0.05, 0.1) is 5.69 Å². The molecule has 1 heterocycles. The summed E-state index contributed by atoms with van der Waals surface area (Å²) in [5.74, 6) is 1.47. The number of pyridine rings is 1. The molecule has 1 aromatic carbocycles. The monoisotopic (exact) mass is 276 g/mol. The number of aromatic nitrogens is 1. The molecular formula is C15H17ClN2O. The van der Waals surface area contributed by atoms with Gasteiger partial charge in [0.15, 0.2) is 0 Å². The van der Waals surface area contributed by atoms with Crippen LogP contribution in [0, 0.1) is 6.92 Å². The van der Waals surface area contributed by atoms with Gasteiger partial charge in [-0.2, -0.15) is 0 Å². The van der Waals surface area contributed by atoms with E-state index >= 15 is 0 Å². The van der Waals surface area contributed by atoms with Crippen LogP contribution in [0.2, 0.25) is 5.02 Å². The predicted octanol–water partition coefficient (Wildman–Crippen LogP) is 3.95. The van der Waals surface area contributed by atoms with Crippen LogP contribution in [-0.4, -0.2) is 11.5 Å². The quantitative estimate of drug-likeness (QED) is 0.898. The molecule has 0 saturated heterocycles. The average molecular weight is 277 g/mol. The molecule has 0 bridgehead atoms. The van der Waals surface area contributed by atoms with Crippen LogP contribution in [0.3, 0.4) is 0 Å². The van der Waals surface area contributed by atoms with E-state index in [0.717, 1.165) is 35.8 Å². The van der Waals surface area contributed by atoms with Gasteiger partial charge in [-0.3, -0.25) is 4.98 Å². The van der Waals surface area contributed by atoms with Crippen molar-refractivity contribution < 1.29 is 4.74 Å². The van der Waals surface area contributed by atoms with Crippen LogP contribution in [0.15, 0.2) is 36.5 Å². The Labute approximate surface area is 118 Å². The zero-order chi connectivity index (χ0) is 13.7. The molecule has 0 fully saturated rings. The van der Waals surface area contributed by atoms with Crippen LogP contribution in [0.5, 0.6) is 11.5 Å². The number of benzene rings is 1. The van der Waals surface area contributed by atoms with Crippen molar-refractivity contribution in [2.75, 3.05) is 6.54 Å². The van der Waals surface area contributed by atoms with Gasteiger partial charge in [0.25, 0.3) is 0 Å². The highest BCUT2D eigenvalue weighted by molar-refractivity contribution is 6.31. The van der Waals surface area contributed by atoms with Gasteiger partial charge in [-0.25, -0.2) is 0 Å². The molecule has 19 heavy (non-hydrogen) atoms. The highest BCUT2D eigenvalue weighted by Gasteiger charge is 2.05. The lowest BCUT2D eigenvalue weighted by atomic mass is 10.2. The van der Waals surface area contributed by atoms with Crippen LogP contribution in [0.4, 0.5) is 0 Å². The van der Waals surface area contributed by atoms with Gasteiger partial charge in [-0.05, 0) is 43.3 Å². The Morgan fingerprint density at radius 2 is 2.16 bits per heavy atom. The van der Waals surface area contributed by atoms with E-state index in [4.69, 9.17) is 16.3 Å². The van der Waals surface area contributed by atoms with Crippen molar-refractivity contribution in [3.05, 3.63) is 52.8 Å². The second-order valence-electron chi connectivity index (χ2n) is 4.22. The molecule has 2 rings (SSSR count). The molecule has 0 amide bonds. The van der Waals surface area contributed by atoms with Gasteiger partial charge in [-0.15, -0.1) is 0 Å². The SMILES string of the molecule is CCNCc1ccc(Oc2cccnc2C)cc1Cl. The van der Waals surface area contributed by atoms with E-state index in [1.807, 2.05) is 37.3 Å². The maximum Gasteiger partial charge on any atom is 0.148 e. The number of halogens is 1. The van der Waals surface area contributed by atoms with Gasteiger partial charge < -0.3 is 10.1 Å². The molecular weight excluding hydrogens is 260 g/mol. The molecule has 0 unspecified atom stereocenters. The van der Waals surface area contributed by atoms with E-state index in [1.165, 1.54) is 0 Å². The standard InChI is InChI=1S/C15H17ClN2O/c1-3-17-10-12-6-7-13(9-14(12)16)19-15-5-4-8-18-11(15)2/h4-9,17H,3,10H2,1-2H3. The molecule has 1 aromatic heterocycles. The summed E-state index contributed by atoms with van der Waals surface area (Å²) in [4.78, 5) is 4.19. The molecule has 0 spiro atoms. The summed E-state index contributed by atoms with van der Waals surface area (Å²) in [6, 6.07) is 9.48. The van der Waals surface area contributed by atoms with Crippen molar-refractivity contribution >= 4 is 11.6 Å². The molecule has 0 radical (unpaired) electrons. The average Bonchev–Trinajstić information content (AvgIpc) is 2.40. The first-order valence-electron chi connectivity index (χ1n) is 6.29. The molecule has 0 atom stereocenters. The topological polar surface area (TPSA) is 34.1 Å². The van der Waals surface area contributed by atoms with E-state index in [2.05, 4.69) is 17.2 Å². The van der Waals surface area contributed by atoms with Crippen molar-refractivity contribution in [3.63, 3.8) is 0 Å². The molecule has 1 N–H and O–H groups in total. The van der Waals surface area contributed by atoms with Gasteiger partial charge in [0, 0.05) is 17.8 Å². The van der Waals surface area contributed by atoms with Gasteiger partial charge in [-0.1, -0.05) is 24.6 Å². The van der Waals surface area contributed by atoms with Gasteiger partial charge in [0.1, 0.15) is 11.5 Å². The molecule has 4 heteroatoms. The number of rotatable bonds is 5. The fraction of sp³-hybridized carbons (Fsp3) is 0.267. The van der Waals surface area contributed by atoms with Gasteiger partial charge >= 0.3 is 0 Å². The van der Waals surface area contributed by atoms with Crippen molar-refractivity contribution in [1.82, 2.24) is 10.3 Å². The first-order valence-corrected chi connectivity index (χ1v) is 6.67. The first-order chi connectivity index (χ1) is 9.20. The lowest BCUT2D eigenvalue weighted by Gasteiger charge is -2.10. The fourth-order valence-electron chi connectivity index (χ4n) is 1.70. The summed E-state index contributed by atoms with van der Waals surface area (Å²) < 4.78 is 5.78. The maximum absolute atomic E-state index is 6.24. The van der Waals surface area contributed by atoms with Crippen LogP contribution >= 0.6 is 11.6 Å². The molecule has 0 aliphatic rings. The maximum atomic E-state index is 6.24. The van der Waals surface area contributed by atoms with E-state index in [1.54, 1.807) is 6.20 Å². The Morgan fingerprint density at radius 3 is 2.84 bits per heavy atom. The molecule has 100 valence electrons. The minimum atomic E-state index is 0.708. The minimum absolute atomic E-state index is 0.708. The summed E-state index contributed by atoms with van der Waals surface area (Å²) >= 11 is 6.24. The van der Waals surface area contributed by atoms with E-state index in [0.29, 0.717) is 5.02 Å². The third kappa shape index (κ3) is 3.69. The zero-order valence-electron chi connectivity index (χ0n) is 11.1. The summed E-state index contributed by atoms with van der Waals surface area (Å²) in [5, 5.41) is 3.96. The summed E-state index contributed by atoms with van der Waals surface area (Å²) in [7, 11) is 0. The van der Waals surface area contributed by atoms with E-state index in [-0.39, 0.29) is 0 Å². The fourth-order valence-corrected chi connectivity index (χ4v) is 1.94. The Balaban J connectivity index is 2.14. The second-order valence-corrected chi connectivity index (χ2v) is 4.63. The van der Waals surface area contributed by atoms with E-state index < -0.39 is 0 Å². The molecule has 3 nitrogen and oxygen atoms in total. The lowest BCUT2D eigenvalue weighted by Crippen LogP contribution is -2.11. The number of hydrogen-bond donors (Lipinski definition) is 1. The van der Waals surface area contributed by atoms with Gasteiger partial charge in [0.2, 0.25) is 0 Å². The number of aryl methyl sites for hydroxylation is 1. The van der Waals surface area contributed by atoms with E-state index in [9.17, 15) is 0 Å². The van der Waals surface area contributed by atoms with Crippen LogP contribution in [-0.2, 0) is 6.54 Å². The second kappa shape index (κ2) is 6.55. The zero-order valence-corrected chi connectivity index (χ0v) is 11.9. The lowest BCUT2D eigenvalue weighted by molar-refractivity contribution is 0.475. The first kappa shape index (κ1) is 13.8. The Bertz CT molecular complexity index is 558. The number of nitrogens with one attached hydrogen (secondary N) is 1. The molecule has 0 saturated carbocycles.